The molecule has 0 saturated heterocycles. The van der Waals surface area contributed by atoms with Crippen molar-refractivity contribution in [1.82, 2.24) is 0 Å². The van der Waals surface area contributed by atoms with E-state index >= 15 is 0 Å². The summed E-state index contributed by atoms with van der Waals surface area (Å²) in [5.74, 6) is -1.21. The van der Waals surface area contributed by atoms with Gasteiger partial charge in [-0.05, 0) is 36.1 Å². The fraction of sp³-hybridized carbons (Fsp3) is 0.154. The maximum atomic E-state index is 11.5. The van der Waals surface area contributed by atoms with Gasteiger partial charge in [-0.2, -0.15) is 0 Å². The third-order valence-corrected chi connectivity index (χ3v) is 4.81. The number of carboxylic acids is 1. The van der Waals surface area contributed by atoms with Crippen LogP contribution in [0, 0.1) is 6.92 Å². The lowest BCUT2D eigenvalue weighted by Crippen LogP contribution is -2.16. The van der Waals surface area contributed by atoms with E-state index in [1.807, 2.05) is 17.5 Å². The van der Waals surface area contributed by atoms with Crippen molar-refractivity contribution in [3.8, 4) is 0 Å². The SMILES string of the molecule is Cc1cc(NCc2cccs2)c(C(=O)O)cc1S(N)(=O)=O. The van der Waals surface area contributed by atoms with Crippen LogP contribution in [0.5, 0.6) is 0 Å². The Labute approximate surface area is 126 Å². The number of nitrogens with two attached hydrogens (primary N) is 1. The Bertz CT molecular complexity index is 768. The molecule has 112 valence electrons. The lowest BCUT2D eigenvalue weighted by Gasteiger charge is -2.12. The highest BCUT2D eigenvalue weighted by Crippen LogP contribution is 2.25. The molecule has 0 spiro atoms. The number of carbonyl (C=O) groups is 1. The Kier molecular flexibility index (Phi) is 4.31. The fourth-order valence-electron chi connectivity index (χ4n) is 1.91. The first-order valence-corrected chi connectivity index (χ1v) is 8.38. The van der Waals surface area contributed by atoms with Crippen LogP contribution in [0.15, 0.2) is 34.5 Å². The van der Waals surface area contributed by atoms with Crippen LogP contribution in [0.25, 0.3) is 0 Å². The zero-order valence-electron chi connectivity index (χ0n) is 11.2. The number of benzene rings is 1. The number of thiophene rings is 1. The average molecular weight is 326 g/mol. The Balaban J connectivity index is 2.41. The number of sulfonamides is 1. The highest BCUT2D eigenvalue weighted by molar-refractivity contribution is 7.89. The summed E-state index contributed by atoms with van der Waals surface area (Å²) < 4.78 is 22.9. The minimum atomic E-state index is -3.95. The molecule has 0 aliphatic rings. The van der Waals surface area contributed by atoms with Gasteiger partial charge in [0.25, 0.3) is 0 Å². The number of hydrogen-bond acceptors (Lipinski definition) is 5. The van der Waals surface area contributed by atoms with Crippen LogP contribution < -0.4 is 10.5 Å². The number of primary sulfonamides is 1. The zero-order chi connectivity index (χ0) is 15.6. The second kappa shape index (κ2) is 5.84. The van der Waals surface area contributed by atoms with E-state index in [0.29, 0.717) is 17.8 Å². The Morgan fingerprint density at radius 3 is 2.67 bits per heavy atom. The number of nitrogens with one attached hydrogen (secondary N) is 1. The summed E-state index contributed by atoms with van der Waals surface area (Å²) in [6.45, 7) is 2.04. The Morgan fingerprint density at radius 1 is 1.43 bits per heavy atom. The van der Waals surface area contributed by atoms with Crippen molar-refractivity contribution in [3.63, 3.8) is 0 Å². The van der Waals surface area contributed by atoms with Gasteiger partial charge in [-0.1, -0.05) is 6.07 Å². The van der Waals surface area contributed by atoms with Gasteiger partial charge in [-0.3, -0.25) is 0 Å². The third kappa shape index (κ3) is 3.60. The van der Waals surface area contributed by atoms with Gasteiger partial charge in [0.05, 0.1) is 10.5 Å². The molecule has 1 aromatic heterocycles. The molecule has 0 unspecified atom stereocenters. The van der Waals surface area contributed by atoms with Crippen LogP contribution in [-0.4, -0.2) is 19.5 Å². The molecule has 0 atom stereocenters. The molecule has 2 rings (SSSR count). The summed E-state index contributed by atoms with van der Waals surface area (Å²) >= 11 is 1.54. The molecule has 1 heterocycles. The number of aryl methyl sites for hydroxylation is 1. The molecule has 1 aromatic carbocycles. The van der Waals surface area contributed by atoms with Gasteiger partial charge in [-0.15, -0.1) is 11.3 Å². The molecule has 6 nitrogen and oxygen atoms in total. The summed E-state index contributed by atoms with van der Waals surface area (Å²) in [7, 11) is -3.95. The van der Waals surface area contributed by atoms with E-state index in [-0.39, 0.29) is 10.5 Å². The molecule has 2 aromatic rings. The smallest absolute Gasteiger partial charge is 0.337 e. The third-order valence-electron chi connectivity index (χ3n) is 2.89. The highest BCUT2D eigenvalue weighted by Gasteiger charge is 2.19. The molecule has 0 radical (unpaired) electrons. The first-order valence-electron chi connectivity index (χ1n) is 5.96. The summed E-state index contributed by atoms with van der Waals surface area (Å²) in [5.41, 5.74) is 0.637. The standard InChI is InChI=1S/C13H14N2O4S2/c1-8-5-11(15-7-9-3-2-4-20-9)10(13(16)17)6-12(8)21(14,18)19/h2-6,15H,7H2,1H3,(H,16,17)(H2,14,18,19). The lowest BCUT2D eigenvalue weighted by molar-refractivity contribution is 0.0697. The second-order valence-electron chi connectivity index (χ2n) is 4.45. The van der Waals surface area contributed by atoms with E-state index in [1.54, 1.807) is 18.3 Å². The van der Waals surface area contributed by atoms with E-state index in [9.17, 15) is 18.3 Å². The Morgan fingerprint density at radius 2 is 2.14 bits per heavy atom. The van der Waals surface area contributed by atoms with Crippen molar-refractivity contribution in [2.24, 2.45) is 5.14 Å². The number of hydrogen-bond donors (Lipinski definition) is 3. The van der Waals surface area contributed by atoms with Gasteiger partial charge in [0.2, 0.25) is 10.0 Å². The number of anilines is 1. The minimum Gasteiger partial charge on any atom is -0.478 e. The van der Waals surface area contributed by atoms with E-state index in [2.05, 4.69) is 5.32 Å². The Hall–Kier alpha value is -1.90. The number of rotatable bonds is 5. The molecule has 21 heavy (non-hydrogen) atoms. The quantitative estimate of drug-likeness (QED) is 0.778. The van der Waals surface area contributed by atoms with Gasteiger partial charge in [0.15, 0.2) is 0 Å². The maximum absolute atomic E-state index is 11.5. The summed E-state index contributed by atoms with van der Waals surface area (Å²) in [6, 6.07) is 6.39. The zero-order valence-corrected chi connectivity index (χ0v) is 12.8. The first-order chi connectivity index (χ1) is 9.79. The second-order valence-corrected chi connectivity index (χ2v) is 7.01. The number of carboxylic acid groups (broad SMARTS) is 1. The predicted octanol–water partition coefficient (Wildman–Crippen LogP) is 2.01. The van der Waals surface area contributed by atoms with E-state index in [4.69, 9.17) is 5.14 Å². The van der Waals surface area contributed by atoms with Gasteiger partial charge >= 0.3 is 5.97 Å². The van der Waals surface area contributed by atoms with Gasteiger partial charge in [0.1, 0.15) is 0 Å². The molecule has 0 aliphatic carbocycles. The van der Waals surface area contributed by atoms with Crippen molar-refractivity contribution >= 4 is 33.0 Å². The summed E-state index contributed by atoms with van der Waals surface area (Å²) in [4.78, 5) is 12.2. The topological polar surface area (TPSA) is 109 Å². The van der Waals surface area contributed by atoms with Gasteiger partial charge < -0.3 is 10.4 Å². The van der Waals surface area contributed by atoms with Crippen LogP contribution in [0.4, 0.5) is 5.69 Å². The maximum Gasteiger partial charge on any atom is 0.337 e. The van der Waals surface area contributed by atoms with Crippen molar-refractivity contribution in [1.29, 1.82) is 0 Å². The van der Waals surface area contributed by atoms with E-state index in [1.165, 1.54) is 6.07 Å². The lowest BCUT2D eigenvalue weighted by atomic mass is 10.1. The highest BCUT2D eigenvalue weighted by atomic mass is 32.2. The molecule has 0 aliphatic heterocycles. The normalized spacial score (nSPS) is 11.3. The molecule has 0 saturated carbocycles. The van der Waals surface area contributed by atoms with Crippen LogP contribution in [0.3, 0.4) is 0 Å². The average Bonchev–Trinajstić information content (AvgIpc) is 2.87. The predicted molar refractivity (Wildman–Crippen MR) is 81.2 cm³/mol. The van der Waals surface area contributed by atoms with Crippen molar-refractivity contribution in [2.75, 3.05) is 5.32 Å². The van der Waals surface area contributed by atoms with Crippen molar-refractivity contribution in [2.45, 2.75) is 18.4 Å². The monoisotopic (exact) mass is 326 g/mol. The largest absolute Gasteiger partial charge is 0.478 e. The van der Waals surface area contributed by atoms with Crippen LogP contribution in [0.2, 0.25) is 0 Å². The van der Waals surface area contributed by atoms with Gasteiger partial charge in [0, 0.05) is 17.1 Å². The van der Waals surface area contributed by atoms with Gasteiger partial charge in [-0.25, -0.2) is 18.4 Å². The number of aromatic carboxylic acids is 1. The van der Waals surface area contributed by atoms with Crippen LogP contribution >= 0.6 is 11.3 Å². The molecule has 0 fully saturated rings. The van der Waals surface area contributed by atoms with E-state index in [0.717, 1.165) is 10.9 Å². The van der Waals surface area contributed by atoms with Crippen LogP contribution in [0.1, 0.15) is 20.8 Å². The summed E-state index contributed by atoms with van der Waals surface area (Å²) in [5, 5.41) is 19.3. The molecule has 0 bridgehead atoms. The molecule has 0 amide bonds. The summed E-state index contributed by atoms with van der Waals surface area (Å²) in [6.07, 6.45) is 0. The van der Waals surface area contributed by atoms with E-state index < -0.39 is 16.0 Å². The first kappa shape index (κ1) is 15.5. The molecular weight excluding hydrogens is 312 g/mol. The van der Waals surface area contributed by atoms with Crippen LogP contribution in [-0.2, 0) is 16.6 Å². The fourth-order valence-corrected chi connectivity index (χ4v) is 3.35. The minimum absolute atomic E-state index is 0.124. The molecular formula is C13H14N2O4S2. The molecule has 8 heteroatoms. The van der Waals surface area contributed by atoms with Crippen molar-refractivity contribution in [3.05, 3.63) is 45.6 Å². The molecule has 4 N–H and O–H groups in total. The van der Waals surface area contributed by atoms with Crippen molar-refractivity contribution < 1.29 is 18.3 Å².